The number of aliphatic carboxylic acids is 1. The van der Waals surface area contributed by atoms with Crippen LogP contribution in [0.1, 0.15) is 25.8 Å². The molecule has 9 heteroatoms. The molecule has 1 aromatic rings. The van der Waals surface area contributed by atoms with Gasteiger partial charge in [-0.1, -0.05) is 52.3 Å². The molecule has 7 atom stereocenters. The summed E-state index contributed by atoms with van der Waals surface area (Å²) in [6.45, 7) is 7.44. The minimum atomic E-state index is -1.27. The van der Waals surface area contributed by atoms with E-state index in [1.807, 2.05) is 44.2 Å². The number of benzene rings is 1. The van der Waals surface area contributed by atoms with E-state index in [4.69, 9.17) is 4.74 Å². The van der Waals surface area contributed by atoms with Gasteiger partial charge in [0.1, 0.15) is 11.6 Å². The van der Waals surface area contributed by atoms with Crippen LogP contribution >= 0.6 is 15.9 Å². The second kappa shape index (κ2) is 9.43. The van der Waals surface area contributed by atoms with Gasteiger partial charge in [-0.25, -0.2) is 0 Å². The number of halogens is 1. The molecule has 0 aromatic heterocycles. The maximum atomic E-state index is 14.1. The van der Waals surface area contributed by atoms with Crippen molar-refractivity contribution < 1.29 is 29.3 Å². The summed E-state index contributed by atoms with van der Waals surface area (Å²) < 4.78 is 6.31. The Morgan fingerprint density at radius 3 is 2.59 bits per heavy atom. The molecule has 3 aliphatic heterocycles. The lowest BCUT2D eigenvalue weighted by Gasteiger charge is -2.40. The zero-order valence-corrected chi connectivity index (χ0v) is 20.9. The number of nitrogens with zero attached hydrogens (tertiary/aromatic N) is 2. The molecule has 8 nitrogen and oxygen atoms in total. The molecular weight excluding hydrogens is 504 g/mol. The largest absolute Gasteiger partial charge is 0.481 e. The highest BCUT2D eigenvalue weighted by molar-refractivity contribution is 9.09. The molecule has 3 aliphatic rings. The Bertz CT molecular complexity index is 971. The van der Waals surface area contributed by atoms with Gasteiger partial charge < -0.3 is 24.7 Å². The van der Waals surface area contributed by atoms with Crippen molar-refractivity contribution in [1.29, 1.82) is 0 Å². The quantitative estimate of drug-likeness (QED) is 0.369. The van der Waals surface area contributed by atoms with Gasteiger partial charge in [0.25, 0.3) is 0 Å². The van der Waals surface area contributed by atoms with E-state index in [9.17, 15) is 24.6 Å². The SMILES string of the molecule is C=CCN(C(=O)[C@H]1N([C@@H](CO)Cc2ccccc2)C(=O)[C@@H]2[C@@H](C(=O)O)[C@@H]3O[C@@]21CC3Br)C(C)C. The van der Waals surface area contributed by atoms with Gasteiger partial charge in [-0.2, -0.15) is 0 Å². The lowest BCUT2D eigenvalue weighted by molar-refractivity contribution is -0.153. The number of rotatable bonds is 9. The lowest BCUT2D eigenvalue weighted by Crippen LogP contribution is -2.60. The standard InChI is InChI=1S/C25H31BrN2O6/c1-4-10-27(14(2)3)23(31)21-25-12-17(26)20(34-25)18(24(32)33)19(25)22(30)28(21)16(13-29)11-15-8-6-5-7-9-15/h4-9,14,16-21,29H,1,10-13H2,2-3H3,(H,32,33)/t16-,17?,18-,19+,20-,21-,25+/m1/s1. The van der Waals surface area contributed by atoms with Crippen molar-refractivity contribution in [2.75, 3.05) is 13.2 Å². The van der Waals surface area contributed by atoms with Gasteiger partial charge in [-0.15, -0.1) is 6.58 Å². The fraction of sp³-hybridized carbons (Fsp3) is 0.560. The van der Waals surface area contributed by atoms with E-state index in [0.29, 0.717) is 12.8 Å². The number of likely N-dealkylation sites (tertiary alicyclic amines) is 1. The third-order valence-corrected chi connectivity index (χ3v) is 8.24. The summed E-state index contributed by atoms with van der Waals surface area (Å²) in [6, 6.07) is 7.50. The highest BCUT2D eigenvalue weighted by Crippen LogP contribution is 2.60. The molecule has 2 N–H and O–H groups in total. The zero-order chi connectivity index (χ0) is 24.8. The summed E-state index contributed by atoms with van der Waals surface area (Å²) in [5.41, 5.74) is -0.366. The number of carbonyl (C=O) groups is 3. The Labute approximate surface area is 207 Å². The first-order chi connectivity index (χ1) is 16.2. The molecule has 0 radical (unpaired) electrons. The van der Waals surface area contributed by atoms with Gasteiger partial charge in [0, 0.05) is 17.4 Å². The number of carbonyl (C=O) groups excluding carboxylic acids is 2. The van der Waals surface area contributed by atoms with Gasteiger partial charge >= 0.3 is 5.97 Å². The second-order valence-electron chi connectivity index (χ2n) is 9.65. The molecular formula is C25H31BrN2O6. The predicted octanol–water partition coefficient (Wildman–Crippen LogP) is 1.85. The summed E-state index contributed by atoms with van der Waals surface area (Å²) in [5.74, 6) is -3.92. The number of alkyl halides is 1. The lowest BCUT2D eigenvalue weighted by atomic mass is 9.70. The Balaban J connectivity index is 1.82. The Morgan fingerprint density at radius 2 is 2.03 bits per heavy atom. The first kappa shape index (κ1) is 24.9. The minimum absolute atomic E-state index is 0.173. The Hall–Kier alpha value is -2.23. The van der Waals surface area contributed by atoms with Crippen molar-refractivity contribution in [3.8, 4) is 0 Å². The molecule has 3 saturated heterocycles. The number of aliphatic hydroxyl groups is 1. The third kappa shape index (κ3) is 3.78. The molecule has 3 heterocycles. The van der Waals surface area contributed by atoms with Crippen molar-refractivity contribution in [1.82, 2.24) is 9.80 Å². The van der Waals surface area contributed by atoms with Crippen LogP contribution in [-0.4, -0.2) is 85.6 Å². The maximum Gasteiger partial charge on any atom is 0.310 e. The summed E-state index contributed by atoms with van der Waals surface area (Å²) in [4.78, 5) is 43.0. The molecule has 34 heavy (non-hydrogen) atoms. The molecule has 184 valence electrons. The molecule has 2 bridgehead atoms. The van der Waals surface area contributed by atoms with Crippen molar-refractivity contribution in [2.24, 2.45) is 11.8 Å². The Kier molecular flexibility index (Phi) is 6.90. The van der Waals surface area contributed by atoms with Crippen LogP contribution in [0.3, 0.4) is 0 Å². The van der Waals surface area contributed by atoms with E-state index in [2.05, 4.69) is 22.5 Å². The van der Waals surface area contributed by atoms with Crippen molar-refractivity contribution in [2.45, 2.75) is 61.3 Å². The molecule has 4 rings (SSSR count). The fourth-order valence-corrected chi connectivity index (χ4v) is 6.95. The fourth-order valence-electron chi connectivity index (χ4n) is 6.01. The highest BCUT2D eigenvalue weighted by atomic mass is 79.9. The number of fused-ring (bicyclic) bond motifs is 1. The van der Waals surface area contributed by atoms with Crippen LogP contribution < -0.4 is 0 Å². The van der Waals surface area contributed by atoms with Gasteiger partial charge in [0.2, 0.25) is 11.8 Å². The number of hydrogen-bond acceptors (Lipinski definition) is 5. The van der Waals surface area contributed by atoms with Crippen molar-refractivity contribution in [3.63, 3.8) is 0 Å². The van der Waals surface area contributed by atoms with Crippen LogP contribution in [0.2, 0.25) is 0 Å². The first-order valence-electron chi connectivity index (χ1n) is 11.6. The number of amides is 2. The molecule has 1 spiro atoms. The van der Waals surface area contributed by atoms with Crippen LogP contribution in [-0.2, 0) is 25.5 Å². The highest BCUT2D eigenvalue weighted by Gasteiger charge is 2.77. The van der Waals surface area contributed by atoms with Crippen molar-refractivity contribution in [3.05, 3.63) is 48.6 Å². The molecule has 2 amide bonds. The van der Waals surface area contributed by atoms with Crippen LogP contribution in [0.15, 0.2) is 43.0 Å². The maximum absolute atomic E-state index is 14.1. The minimum Gasteiger partial charge on any atom is -0.481 e. The molecule has 1 unspecified atom stereocenters. The predicted molar refractivity (Wildman–Crippen MR) is 128 cm³/mol. The monoisotopic (exact) mass is 534 g/mol. The number of hydrogen-bond donors (Lipinski definition) is 2. The van der Waals surface area contributed by atoms with E-state index >= 15 is 0 Å². The van der Waals surface area contributed by atoms with Gasteiger partial charge in [-0.05, 0) is 32.3 Å². The van der Waals surface area contributed by atoms with Crippen LogP contribution in [0, 0.1) is 11.8 Å². The normalized spacial score (nSPS) is 32.7. The first-order valence-corrected chi connectivity index (χ1v) is 12.5. The smallest absolute Gasteiger partial charge is 0.310 e. The topological polar surface area (TPSA) is 107 Å². The van der Waals surface area contributed by atoms with Gasteiger partial charge in [0.15, 0.2) is 0 Å². The summed E-state index contributed by atoms with van der Waals surface area (Å²) in [6.07, 6.45) is 1.60. The number of carboxylic acid groups (broad SMARTS) is 1. The summed E-state index contributed by atoms with van der Waals surface area (Å²) in [7, 11) is 0. The third-order valence-electron chi connectivity index (χ3n) is 7.40. The second-order valence-corrected chi connectivity index (χ2v) is 10.8. The average Bonchev–Trinajstić information content (AvgIpc) is 3.39. The van der Waals surface area contributed by atoms with Crippen LogP contribution in [0.4, 0.5) is 0 Å². The van der Waals surface area contributed by atoms with E-state index in [-0.39, 0.29) is 29.9 Å². The van der Waals surface area contributed by atoms with Crippen LogP contribution in [0.5, 0.6) is 0 Å². The summed E-state index contributed by atoms with van der Waals surface area (Å²) in [5, 5.41) is 20.4. The van der Waals surface area contributed by atoms with E-state index in [1.54, 1.807) is 11.0 Å². The van der Waals surface area contributed by atoms with E-state index in [1.165, 1.54) is 4.90 Å². The summed E-state index contributed by atoms with van der Waals surface area (Å²) >= 11 is 3.55. The van der Waals surface area contributed by atoms with Gasteiger partial charge in [-0.3, -0.25) is 14.4 Å². The molecule has 0 saturated carbocycles. The van der Waals surface area contributed by atoms with Crippen LogP contribution in [0.25, 0.3) is 0 Å². The average molecular weight is 535 g/mol. The zero-order valence-electron chi connectivity index (χ0n) is 19.3. The molecule has 1 aromatic carbocycles. The number of ether oxygens (including phenoxy) is 1. The number of aliphatic hydroxyl groups excluding tert-OH is 1. The number of carboxylic acids is 1. The Morgan fingerprint density at radius 1 is 1.35 bits per heavy atom. The molecule has 3 fully saturated rings. The molecule has 0 aliphatic carbocycles. The van der Waals surface area contributed by atoms with Gasteiger partial charge in [0.05, 0.1) is 30.6 Å². The van der Waals surface area contributed by atoms with Crippen molar-refractivity contribution >= 4 is 33.7 Å². The van der Waals surface area contributed by atoms with E-state index in [0.717, 1.165) is 5.56 Å². The van der Waals surface area contributed by atoms with E-state index < -0.39 is 47.5 Å².